The number of halogens is 1. The number of aromatic nitrogens is 2. The van der Waals surface area contributed by atoms with Crippen molar-refractivity contribution in [3.63, 3.8) is 0 Å². The van der Waals surface area contributed by atoms with Crippen LogP contribution in [-0.2, 0) is 13.0 Å². The van der Waals surface area contributed by atoms with Crippen LogP contribution < -0.4 is 0 Å². The van der Waals surface area contributed by atoms with Crippen molar-refractivity contribution < 1.29 is 19.5 Å². The van der Waals surface area contributed by atoms with Crippen molar-refractivity contribution in [2.24, 2.45) is 0 Å². The molecule has 1 atom stereocenters. The van der Waals surface area contributed by atoms with Crippen LogP contribution in [0.25, 0.3) is 16.8 Å². The molecule has 9 heteroatoms. The second-order valence-electron chi connectivity index (χ2n) is 12.5. The van der Waals surface area contributed by atoms with Gasteiger partial charge in [0.05, 0.1) is 28.9 Å². The number of hydrogen-bond donors (Lipinski definition) is 1. The molecular formula is C39H45ClN4O4. The highest BCUT2D eigenvalue weighted by Crippen LogP contribution is 2.32. The van der Waals surface area contributed by atoms with E-state index in [-0.39, 0.29) is 24.2 Å². The Bertz CT molecular complexity index is 1790. The number of Topliss-reactive ketones (excluding diaryl/α,β-unsaturated/α-hetero) is 1. The Hall–Kier alpha value is -4.27. The highest BCUT2D eigenvalue weighted by atomic mass is 35.5. The van der Waals surface area contributed by atoms with Gasteiger partial charge in [-0.3, -0.25) is 14.4 Å². The van der Waals surface area contributed by atoms with E-state index in [1.54, 1.807) is 34.7 Å². The molecule has 0 unspecified atom stereocenters. The van der Waals surface area contributed by atoms with Gasteiger partial charge in [0.25, 0.3) is 11.8 Å². The van der Waals surface area contributed by atoms with E-state index in [9.17, 15) is 19.5 Å². The summed E-state index contributed by atoms with van der Waals surface area (Å²) in [5.74, 6) is -0.441. The van der Waals surface area contributed by atoms with Gasteiger partial charge in [0.2, 0.25) is 0 Å². The Kier molecular flexibility index (Phi) is 11.5. The standard InChI is InChI=1S/C39H45ClN4O4/c1-5-8-18-42(19-9-6-2)39(48)35-20-26(4)44(41-35)36-17-15-29(28-14-16-34(40)32(22-28)37(46)7-3)23-33(36)38(47)43-24-30-13-11-10-12-27(30)21-31(43)25-45/h10-17,20,22-23,31,45H,5-9,18-19,21,24-25H2,1-4H3/t31-/m0/s1. The van der Waals surface area contributed by atoms with E-state index in [0.29, 0.717) is 60.0 Å². The third kappa shape index (κ3) is 7.40. The lowest BCUT2D eigenvalue weighted by Crippen LogP contribution is -2.46. The number of carbonyl (C=O) groups excluding carboxylic acids is 3. The normalized spacial score (nSPS) is 14.1. The SMILES string of the molecule is CCCCN(CCCC)C(=O)c1cc(C)n(-c2ccc(-c3ccc(Cl)c(C(=O)CC)c3)cc2C(=O)N2Cc3ccccc3C[C@H]2CO)n1. The Morgan fingerprint density at radius 1 is 0.896 bits per heavy atom. The maximum absolute atomic E-state index is 14.7. The first-order valence-corrected chi connectivity index (χ1v) is 17.4. The Balaban J connectivity index is 1.61. The zero-order valence-electron chi connectivity index (χ0n) is 28.3. The minimum Gasteiger partial charge on any atom is -0.394 e. The highest BCUT2D eigenvalue weighted by Gasteiger charge is 2.32. The van der Waals surface area contributed by atoms with Crippen LogP contribution in [-0.4, -0.2) is 68.0 Å². The van der Waals surface area contributed by atoms with Crippen molar-refractivity contribution in [3.05, 3.63) is 105 Å². The van der Waals surface area contributed by atoms with E-state index in [2.05, 4.69) is 13.8 Å². The molecule has 8 nitrogen and oxygen atoms in total. The largest absolute Gasteiger partial charge is 0.394 e. The minimum absolute atomic E-state index is 0.0659. The summed E-state index contributed by atoms with van der Waals surface area (Å²) in [6, 6.07) is 20.2. The van der Waals surface area contributed by atoms with E-state index < -0.39 is 6.04 Å². The fourth-order valence-electron chi connectivity index (χ4n) is 6.32. The van der Waals surface area contributed by atoms with Gasteiger partial charge in [-0.1, -0.05) is 81.6 Å². The lowest BCUT2D eigenvalue weighted by molar-refractivity contribution is 0.0544. The molecule has 1 aliphatic heterocycles. The van der Waals surface area contributed by atoms with Gasteiger partial charge in [-0.2, -0.15) is 5.10 Å². The quantitative estimate of drug-likeness (QED) is 0.147. The second kappa shape index (κ2) is 15.8. The number of amides is 2. The van der Waals surface area contributed by atoms with Crippen LogP contribution in [0, 0.1) is 6.92 Å². The summed E-state index contributed by atoms with van der Waals surface area (Å²) in [7, 11) is 0. The fourth-order valence-corrected chi connectivity index (χ4v) is 6.54. The molecule has 4 aromatic rings. The molecule has 0 saturated heterocycles. The number of aryl methyl sites for hydroxylation is 1. The van der Waals surface area contributed by atoms with E-state index in [4.69, 9.17) is 16.7 Å². The molecule has 1 N–H and O–H groups in total. The van der Waals surface area contributed by atoms with Crippen LogP contribution in [0.2, 0.25) is 5.02 Å². The number of fused-ring (bicyclic) bond motifs is 1. The molecule has 252 valence electrons. The monoisotopic (exact) mass is 668 g/mol. The molecule has 48 heavy (non-hydrogen) atoms. The lowest BCUT2D eigenvalue weighted by Gasteiger charge is -2.36. The van der Waals surface area contributed by atoms with Crippen LogP contribution in [0.3, 0.4) is 0 Å². The van der Waals surface area contributed by atoms with Gasteiger partial charge in [-0.15, -0.1) is 0 Å². The van der Waals surface area contributed by atoms with E-state index in [1.165, 1.54) is 0 Å². The highest BCUT2D eigenvalue weighted by molar-refractivity contribution is 6.34. The second-order valence-corrected chi connectivity index (χ2v) is 12.9. The van der Waals surface area contributed by atoms with Crippen LogP contribution in [0.4, 0.5) is 0 Å². The average Bonchev–Trinajstić information content (AvgIpc) is 3.51. The van der Waals surface area contributed by atoms with Crippen molar-refractivity contribution in [3.8, 4) is 16.8 Å². The third-order valence-electron chi connectivity index (χ3n) is 9.16. The molecule has 0 radical (unpaired) electrons. The predicted octanol–water partition coefficient (Wildman–Crippen LogP) is 7.70. The Morgan fingerprint density at radius 3 is 2.19 bits per heavy atom. The van der Waals surface area contributed by atoms with Gasteiger partial charge >= 0.3 is 0 Å². The number of unbranched alkanes of at least 4 members (excludes halogenated alkanes) is 2. The molecule has 2 heterocycles. The van der Waals surface area contributed by atoms with Gasteiger partial charge in [-0.05, 0) is 78.8 Å². The summed E-state index contributed by atoms with van der Waals surface area (Å²) in [5, 5.41) is 15.6. The Morgan fingerprint density at radius 2 is 1.54 bits per heavy atom. The van der Waals surface area contributed by atoms with Gasteiger partial charge in [-0.25, -0.2) is 4.68 Å². The van der Waals surface area contributed by atoms with Gasteiger partial charge in [0.15, 0.2) is 11.5 Å². The number of rotatable bonds is 13. The van der Waals surface area contributed by atoms with Crippen molar-refractivity contribution in [1.82, 2.24) is 19.6 Å². The van der Waals surface area contributed by atoms with Crippen molar-refractivity contribution in [2.45, 2.75) is 78.8 Å². The topological polar surface area (TPSA) is 95.7 Å². The summed E-state index contributed by atoms with van der Waals surface area (Å²) < 4.78 is 1.67. The molecule has 0 saturated carbocycles. The van der Waals surface area contributed by atoms with Crippen LogP contribution in [0.15, 0.2) is 66.7 Å². The number of aliphatic hydroxyl groups is 1. The molecule has 3 aromatic carbocycles. The lowest BCUT2D eigenvalue weighted by atomic mass is 9.93. The number of aliphatic hydroxyl groups excluding tert-OH is 1. The molecule has 5 rings (SSSR count). The number of nitrogens with zero attached hydrogens (tertiary/aromatic N) is 4. The van der Waals surface area contributed by atoms with Gasteiger partial charge in [0.1, 0.15) is 0 Å². The van der Waals surface area contributed by atoms with Crippen LogP contribution in [0.5, 0.6) is 0 Å². The first kappa shape index (κ1) is 35.0. The van der Waals surface area contributed by atoms with Crippen LogP contribution in [0.1, 0.15) is 101 Å². The smallest absolute Gasteiger partial charge is 0.274 e. The van der Waals surface area contributed by atoms with Crippen molar-refractivity contribution >= 4 is 29.2 Å². The minimum atomic E-state index is -0.408. The maximum atomic E-state index is 14.7. The number of carbonyl (C=O) groups is 3. The first-order valence-electron chi connectivity index (χ1n) is 17.0. The molecule has 1 aliphatic rings. The average molecular weight is 669 g/mol. The molecular weight excluding hydrogens is 624 g/mol. The molecule has 0 bridgehead atoms. The fraction of sp³-hybridized carbons (Fsp3) is 0.385. The number of benzene rings is 3. The van der Waals surface area contributed by atoms with E-state index >= 15 is 0 Å². The summed E-state index contributed by atoms with van der Waals surface area (Å²) >= 11 is 6.39. The van der Waals surface area contributed by atoms with Gasteiger partial charge in [0, 0.05) is 37.3 Å². The number of ketones is 1. The maximum Gasteiger partial charge on any atom is 0.274 e. The summed E-state index contributed by atoms with van der Waals surface area (Å²) in [5.41, 5.74) is 6.03. The summed E-state index contributed by atoms with van der Waals surface area (Å²) in [6.07, 6.45) is 4.65. The third-order valence-corrected chi connectivity index (χ3v) is 9.49. The molecule has 1 aromatic heterocycles. The zero-order valence-corrected chi connectivity index (χ0v) is 29.1. The molecule has 0 spiro atoms. The summed E-state index contributed by atoms with van der Waals surface area (Å²) in [4.78, 5) is 44.6. The summed E-state index contributed by atoms with van der Waals surface area (Å²) in [6.45, 7) is 9.40. The van der Waals surface area contributed by atoms with E-state index in [0.717, 1.165) is 53.6 Å². The first-order chi connectivity index (χ1) is 23.2. The predicted molar refractivity (Wildman–Crippen MR) is 190 cm³/mol. The number of hydrogen-bond acceptors (Lipinski definition) is 5. The molecule has 2 amide bonds. The molecule has 0 aliphatic carbocycles. The Labute approximate surface area is 288 Å². The zero-order chi connectivity index (χ0) is 34.4. The van der Waals surface area contributed by atoms with Crippen molar-refractivity contribution in [2.75, 3.05) is 19.7 Å². The van der Waals surface area contributed by atoms with E-state index in [1.807, 2.05) is 60.4 Å². The van der Waals surface area contributed by atoms with Crippen molar-refractivity contribution in [1.29, 1.82) is 0 Å². The van der Waals surface area contributed by atoms with Gasteiger partial charge < -0.3 is 14.9 Å². The molecule has 0 fully saturated rings. The van der Waals surface area contributed by atoms with Crippen LogP contribution >= 0.6 is 11.6 Å².